The molecule has 2 heterocycles. The summed E-state index contributed by atoms with van der Waals surface area (Å²) in [4.78, 5) is 48.9. The highest BCUT2D eigenvalue weighted by Crippen LogP contribution is 2.08. The molecule has 3 amide bonds. The summed E-state index contributed by atoms with van der Waals surface area (Å²) in [6.07, 6.45) is 1.69. The van der Waals surface area contributed by atoms with Crippen molar-refractivity contribution < 1.29 is 24.3 Å². The molecular formula is C13H14N4O5. The molecule has 0 aliphatic carbocycles. The number of aliphatic carboxylic acids is 1. The SMILES string of the molecule is O=C(O)CNc1ccc(C(=O)NC2CCC(=O)NC2=O)cn1. The average Bonchev–Trinajstić information content (AvgIpc) is 2.48. The Morgan fingerprint density at radius 3 is 2.73 bits per heavy atom. The van der Waals surface area contributed by atoms with E-state index in [2.05, 4.69) is 20.9 Å². The standard InChI is InChI=1S/C13H14N4O5/c18-10-4-2-8(13(22)17-10)16-12(21)7-1-3-9(14-5-7)15-6-11(19)20/h1,3,5,8H,2,4,6H2,(H,14,15)(H,16,21)(H,19,20)(H,17,18,22). The largest absolute Gasteiger partial charge is 0.480 e. The van der Waals surface area contributed by atoms with Gasteiger partial charge in [-0.05, 0) is 18.6 Å². The summed E-state index contributed by atoms with van der Waals surface area (Å²) >= 11 is 0. The molecule has 1 unspecified atom stereocenters. The fourth-order valence-electron chi connectivity index (χ4n) is 1.87. The molecular weight excluding hydrogens is 292 g/mol. The second-order valence-corrected chi connectivity index (χ2v) is 4.66. The number of nitrogens with zero attached hydrogens (tertiary/aromatic N) is 1. The van der Waals surface area contributed by atoms with Crippen LogP contribution in [0.2, 0.25) is 0 Å². The van der Waals surface area contributed by atoms with Crippen LogP contribution in [-0.4, -0.2) is 46.4 Å². The van der Waals surface area contributed by atoms with Gasteiger partial charge in [0.05, 0.1) is 5.56 Å². The molecule has 1 saturated heterocycles. The molecule has 0 saturated carbocycles. The van der Waals surface area contributed by atoms with Crippen LogP contribution in [0.15, 0.2) is 18.3 Å². The normalized spacial score (nSPS) is 17.5. The van der Waals surface area contributed by atoms with Gasteiger partial charge in [-0.2, -0.15) is 0 Å². The number of carbonyl (C=O) groups is 4. The van der Waals surface area contributed by atoms with Gasteiger partial charge in [-0.15, -0.1) is 0 Å². The molecule has 9 nitrogen and oxygen atoms in total. The second kappa shape index (κ2) is 6.66. The number of amides is 3. The lowest BCUT2D eigenvalue weighted by Gasteiger charge is -2.21. The molecule has 1 aliphatic rings. The van der Waals surface area contributed by atoms with E-state index in [0.717, 1.165) is 0 Å². The third kappa shape index (κ3) is 4.01. The fraction of sp³-hybridized carbons (Fsp3) is 0.308. The van der Waals surface area contributed by atoms with E-state index in [1.165, 1.54) is 18.3 Å². The zero-order valence-electron chi connectivity index (χ0n) is 11.5. The zero-order valence-corrected chi connectivity index (χ0v) is 11.5. The number of rotatable bonds is 5. The monoisotopic (exact) mass is 306 g/mol. The number of imide groups is 1. The van der Waals surface area contributed by atoms with Gasteiger partial charge < -0.3 is 15.7 Å². The number of carboxylic acids is 1. The first-order valence-electron chi connectivity index (χ1n) is 6.52. The number of aromatic nitrogens is 1. The van der Waals surface area contributed by atoms with Gasteiger partial charge >= 0.3 is 5.97 Å². The molecule has 1 aromatic heterocycles. The predicted octanol–water partition coefficient (Wildman–Crippen LogP) is -0.887. The van der Waals surface area contributed by atoms with Gasteiger partial charge in [-0.1, -0.05) is 0 Å². The van der Waals surface area contributed by atoms with Gasteiger partial charge in [0.15, 0.2) is 0 Å². The Balaban J connectivity index is 1.93. The summed E-state index contributed by atoms with van der Waals surface area (Å²) in [6.45, 7) is -0.283. The highest BCUT2D eigenvalue weighted by atomic mass is 16.4. The van der Waals surface area contributed by atoms with E-state index in [-0.39, 0.29) is 30.9 Å². The van der Waals surface area contributed by atoms with Gasteiger partial charge in [0, 0.05) is 12.6 Å². The van der Waals surface area contributed by atoms with Gasteiger partial charge in [0.25, 0.3) is 5.91 Å². The molecule has 0 spiro atoms. The van der Waals surface area contributed by atoms with Crippen molar-refractivity contribution in [1.29, 1.82) is 0 Å². The first-order chi connectivity index (χ1) is 10.5. The van der Waals surface area contributed by atoms with Gasteiger partial charge in [0.2, 0.25) is 11.8 Å². The number of pyridine rings is 1. The summed E-state index contributed by atoms with van der Waals surface area (Å²) in [5, 5.41) is 15.8. The smallest absolute Gasteiger partial charge is 0.322 e. The molecule has 1 fully saturated rings. The lowest BCUT2D eigenvalue weighted by molar-refractivity contribution is -0.136. The minimum atomic E-state index is -1.03. The molecule has 116 valence electrons. The van der Waals surface area contributed by atoms with Crippen molar-refractivity contribution in [1.82, 2.24) is 15.6 Å². The highest BCUT2D eigenvalue weighted by molar-refractivity contribution is 6.03. The van der Waals surface area contributed by atoms with Crippen molar-refractivity contribution in [3.8, 4) is 0 Å². The van der Waals surface area contributed by atoms with Gasteiger partial charge in [-0.25, -0.2) is 4.98 Å². The Morgan fingerprint density at radius 1 is 1.36 bits per heavy atom. The van der Waals surface area contributed by atoms with Gasteiger partial charge in [0.1, 0.15) is 18.4 Å². The molecule has 22 heavy (non-hydrogen) atoms. The van der Waals surface area contributed by atoms with E-state index in [4.69, 9.17) is 5.11 Å². The lowest BCUT2D eigenvalue weighted by Crippen LogP contribution is -2.52. The number of hydrogen-bond acceptors (Lipinski definition) is 6. The lowest BCUT2D eigenvalue weighted by atomic mass is 10.1. The van der Waals surface area contributed by atoms with Crippen molar-refractivity contribution >= 4 is 29.5 Å². The van der Waals surface area contributed by atoms with Crippen molar-refractivity contribution in [2.24, 2.45) is 0 Å². The van der Waals surface area contributed by atoms with Crippen molar-refractivity contribution in [3.05, 3.63) is 23.9 Å². The van der Waals surface area contributed by atoms with Crippen LogP contribution in [0.4, 0.5) is 5.82 Å². The molecule has 1 aliphatic heterocycles. The maximum absolute atomic E-state index is 12.0. The fourth-order valence-corrected chi connectivity index (χ4v) is 1.87. The van der Waals surface area contributed by atoms with E-state index in [1.54, 1.807) is 0 Å². The van der Waals surface area contributed by atoms with Crippen molar-refractivity contribution in [2.75, 3.05) is 11.9 Å². The Bertz CT molecular complexity index is 613. The Labute approximate surface area is 125 Å². The van der Waals surface area contributed by atoms with Crippen LogP contribution in [0.3, 0.4) is 0 Å². The average molecular weight is 306 g/mol. The van der Waals surface area contributed by atoms with E-state index in [0.29, 0.717) is 5.82 Å². The zero-order chi connectivity index (χ0) is 16.1. The first kappa shape index (κ1) is 15.4. The third-order valence-corrected chi connectivity index (χ3v) is 2.99. The van der Waals surface area contributed by atoms with Crippen LogP contribution in [0.25, 0.3) is 0 Å². The van der Waals surface area contributed by atoms with Crippen LogP contribution >= 0.6 is 0 Å². The summed E-state index contributed by atoms with van der Waals surface area (Å²) in [5.41, 5.74) is 0.227. The van der Waals surface area contributed by atoms with Crippen molar-refractivity contribution in [3.63, 3.8) is 0 Å². The number of carboxylic acid groups (broad SMARTS) is 1. The molecule has 1 aromatic rings. The molecule has 9 heteroatoms. The van der Waals surface area contributed by atoms with Gasteiger partial charge in [-0.3, -0.25) is 24.5 Å². The summed E-state index contributed by atoms with van der Waals surface area (Å²) in [5.74, 6) is -2.09. The first-order valence-corrected chi connectivity index (χ1v) is 6.52. The molecule has 0 radical (unpaired) electrons. The van der Waals surface area contributed by atoms with E-state index >= 15 is 0 Å². The van der Waals surface area contributed by atoms with Crippen LogP contribution in [0, 0.1) is 0 Å². The summed E-state index contributed by atoms with van der Waals surface area (Å²) < 4.78 is 0. The number of nitrogens with one attached hydrogen (secondary N) is 3. The van der Waals surface area contributed by atoms with E-state index < -0.39 is 23.8 Å². The van der Waals surface area contributed by atoms with Crippen LogP contribution in [0.1, 0.15) is 23.2 Å². The highest BCUT2D eigenvalue weighted by Gasteiger charge is 2.28. The number of piperidine rings is 1. The quantitative estimate of drug-likeness (QED) is 0.518. The summed E-state index contributed by atoms with van der Waals surface area (Å²) in [6, 6.07) is 2.16. The molecule has 0 aromatic carbocycles. The molecule has 4 N–H and O–H groups in total. The minimum absolute atomic E-state index is 0.174. The Morgan fingerprint density at radius 2 is 2.14 bits per heavy atom. The number of anilines is 1. The Kier molecular flexibility index (Phi) is 4.66. The topological polar surface area (TPSA) is 137 Å². The molecule has 0 bridgehead atoms. The molecule has 2 rings (SSSR count). The third-order valence-electron chi connectivity index (χ3n) is 2.99. The van der Waals surface area contributed by atoms with Crippen LogP contribution < -0.4 is 16.0 Å². The maximum Gasteiger partial charge on any atom is 0.322 e. The second-order valence-electron chi connectivity index (χ2n) is 4.66. The summed E-state index contributed by atoms with van der Waals surface area (Å²) in [7, 11) is 0. The number of hydrogen-bond donors (Lipinski definition) is 4. The molecule has 1 atom stereocenters. The predicted molar refractivity (Wildman–Crippen MR) is 74.0 cm³/mol. The Hall–Kier alpha value is -2.97. The number of carbonyl (C=O) groups excluding carboxylic acids is 3. The van der Waals surface area contributed by atoms with E-state index in [1.807, 2.05) is 0 Å². The van der Waals surface area contributed by atoms with E-state index in [9.17, 15) is 19.2 Å². The van der Waals surface area contributed by atoms with Crippen LogP contribution in [0.5, 0.6) is 0 Å². The maximum atomic E-state index is 12.0. The van der Waals surface area contributed by atoms with Crippen LogP contribution in [-0.2, 0) is 14.4 Å². The minimum Gasteiger partial charge on any atom is -0.480 e. The van der Waals surface area contributed by atoms with Crippen molar-refractivity contribution in [2.45, 2.75) is 18.9 Å².